The lowest BCUT2D eigenvalue weighted by Gasteiger charge is -2.14. The van der Waals surface area contributed by atoms with Crippen molar-refractivity contribution < 1.29 is 23.7 Å². The van der Waals surface area contributed by atoms with Gasteiger partial charge in [-0.1, -0.05) is 6.07 Å². The molecule has 27 heavy (non-hydrogen) atoms. The lowest BCUT2D eigenvalue weighted by molar-refractivity contribution is 0.104. The first-order valence-corrected chi connectivity index (χ1v) is 8.98. The highest BCUT2D eigenvalue weighted by Crippen LogP contribution is 2.37. The number of methoxy groups -OCH3 is 3. The molecule has 0 aliphatic heterocycles. The third-order valence-corrected chi connectivity index (χ3v) is 4.37. The fourth-order valence-corrected chi connectivity index (χ4v) is 2.99. The molecule has 2 N–H and O–H groups in total. The summed E-state index contributed by atoms with van der Waals surface area (Å²) in [5.74, 6) is 1.56. The second-order valence-electron chi connectivity index (χ2n) is 5.46. The number of ketones is 1. The summed E-state index contributed by atoms with van der Waals surface area (Å²) in [6.07, 6.45) is 1.68. The van der Waals surface area contributed by atoms with Gasteiger partial charge in [-0.25, -0.2) is 0 Å². The first kappa shape index (κ1) is 20.6. The van der Waals surface area contributed by atoms with E-state index in [9.17, 15) is 4.79 Å². The quantitative estimate of drug-likeness (QED) is 0.377. The van der Waals surface area contributed by atoms with Gasteiger partial charge in [0.1, 0.15) is 11.5 Å². The number of hydrogen-bond acceptors (Lipinski definition) is 6. The molecule has 0 aliphatic carbocycles. The van der Waals surface area contributed by atoms with Crippen molar-refractivity contribution in [1.29, 1.82) is 0 Å². The molecule has 0 heterocycles. The van der Waals surface area contributed by atoms with Crippen molar-refractivity contribution in [2.45, 2.75) is 6.92 Å². The van der Waals surface area contributed by atoms with E-state index in [-0.39, 0.29) is 5.78 Å². The third-order valence-electron chi connectivity index (χ3n) is 3.78. The Bertz CT molecular complexity index is 864. The van der Waals surface area contributed by atoms with Gasteiger partial charge in [0, 0.05) is 6.07 Å². The van der Waals surface area contributed by atoms with E-state index in [4.69, 9.17) is 24.7 Å². The Balaban J connectivity index is 2.42. The predicted octanol–water partition coefficient (Wildman–Crippen LogP) is 4.31. The van der Waals surface area contributed by atoms with Gasteiger partial charge in [0.25, 0.3) is 0 Å². The van der Waals surface area contributed by atoms with Crippen molar-refractivity contribution in [2.75, 3.05) is 33.7 Å². The van der Waals surface area contributed by atoms with Crippen LogP contribution in [-0.4, -0.2) is 33.7 Å². The monoisotopic (exact) mass is 435 g/mol. The van der Waals surface area contributed by atoms with E-state index >= 15 is 0 Å². The topological polar surface area (TPSA) is 80.0 Å². The van der Waals surface area contributed by atoms with Crippen LogP contribution in [-0.2, 0) is 0 Å². The molecule has 0 saturated heterocycles. The van der Waals surface area contributed by atoms with Crippen LogP contribution >= 0.6 is 15.9 Å². The zero-order valence-corrected chi connectivity index (χ0v) is 17.3. The fourth-order valence-electron chi connectivity index (χ4n) is 2.51. The van der Waals surface area contributed by atoms with Crippen molar-refractivity contribution in [1.82, 2.24) is 0 Å². The van der Waals surface area contributed by atoms with Gasteiger partial charge < -0.3 is 24.7 Å². The highest BCUT2D eigenvalue weighted by Gasteiger charge is 2.21. The van der Waals surface area contributed by atoms with Crippen LogP contribution < -0.4 is 24.7 Å². The van der Waals surface area contributed by atoms with Crippen LogP contribution in [0.2, 0.25) is 0 Å². The Kier molecular flexibility index (Phi) is 7.12. The van der Waals surface area contributed by atoms with E-state index < -0.39 is 0 Å². The number of hydrogen-bond donors (Lipinski definition) is 1. The summed E-state index contributed by atoms with van der Waals surface area (Å²) in [6.45, 7) is 2.41. The summed E-state index contributed by atoms with van der Waals surface area (Å²) < 4.78 is 21.7. The number of benzene rings is 2. The third kappa shape index (κ3) is 4.74. The summed E-state index contributed by atoms with van der Waals surface area (Å²) in [7, 11) is 4.49. The molecule has 2 aromatic carbocycles. The van der Waals surface area contributed by atoms with Crippen LogP contribution in [0.3, 0.4) is 0 Å². The molecule has 0 atom stereocenters. The number of rotatable bonds is 8. The lowest BCUT2D eigenvalue weighted by atomic mass is 10.1. The van der Waals surface area contributed by atoms with Crippen LogP contribution in [0.25, 0.3) is 6.08 Å². The molecule has 144 valence electrons. The van der Waals surface area contributed by atoms with Gasteiger partial charge in [0.15, 0.2) is 11.5 Å². The molecule has 0 amide bonds. The summed E-state index contributed by atoms with van der Waals surface area (Å²) in [4.78, 5) is 13.0. The number of nitrogens with two attached hydrogens (primary N) is 1. The minimum atomic E-state index is -0.281. The first-order chi connectivity index (χ1) is 12.9. The van der Waals surface area contributed by atoms with Crippen molar-refractivity contribution in [2.24, 2.45) is 0 Å². The maximum atomic E-state index is 13.0. The van der Waals surface area contributed by atoms with Crippen LogP contribution in [0.15, 0.2) is 34.8 Å². The van der Waals surface area contributed by atoms with Gasteiger partial charge in [-0.3, -0.25) is 4.79 Å². The highest BCUT2D eigenvalue weighted by atomic mass is 79.9. The Morgan fingerprint density at radius 2 is 1.81 bits per heavy atom. The normalized spacial score (nSPS) is 11.1. The average Bonchev–Trinajstić information content (AvgIpc) is 2.68. The highest BCUT2D eigenvalue weighted by molar-refractivity contribution is 9.12. The van der Waals surface area contributed by atoms with Crippen molar-refractivity contribution >= 4 is 33.5 Å². The van der Waals surface area contributed by atoms with Gasteiger partial charge in [0.2, 0.25) is 5.78 Å². The van der Waals surface area contributed by atoms with Crippen LogP contribution in [0.4, 0.5) is 5.69 Å². The molecule has 0 radical (unpaired) electrons. The molecular weight excluding hydrogens is 414 g/mol. The summed E-state index contributed by atoms with van der Waals surface area (Å²) in [5, 5.41) is 0. The molecule has 2 aromatic rings. The predicted molar refractivity (Wildman–Crippen MR) is 109 cm³/mol. The van der Waals surface area contributed by atoms with Gasteiger partial charge in [-0.15, -0.1) is 0 Å². The molecule has 0 aromatic heterocycles. The molecule has 0 saturated carbocycles. The largest absolute Gasteiger partial charge is 0.497 e. The minimum absolute atomic E-state index is 0.281. The first-order valence-electron chi connectivity index (χ1n) is 8.19. The molecule has 0 bridgehead atoms. The van der Waals surface area contributed by atoms with E-state index in [1.165, 1.54) is 21.3 Å². The molecule has 2 rings (SSSR count). The second-order valence-corrected chi connectivity index (χ2v) is 6.32. The SMILES string of the molecule is CCOc1ccc(C=C(Br)C(=O)c2cc(OC)cc(OC)c2OC)cc1N. The minimum Gasteiger partial charge on any atom is -0.497 e. The summed E-state index contributed by atoms with van der Waals surface area (Å²) in [6, 6.07) is 8.58. The van der Waals surface area contributed by atoms with Crippen LogP contribution in [0.5, 0.6) is 23.0 Å². The van der Waals surface area contributed by atoms with Gasteiger partial charge in [-0.05, 0) is 52.7 Å². The zero-order valence-electron chi connectivity index (χ0n) is 15.7. The van der Waals surface area contributed by atoms with Crippen LogP contribution in [0.1, 0.15) is 22.8 Å². The maximum Gasteiger partial charge on any atom is 0.203 e. The standard InChI is InChI=1S/C20H22BrNO5/c1-5-27-17-7-6-12(9-16(17)22)8-15(21)19(23)14-10-13(24-2)11-18(25-3)20(14)26-4/h6-11H,5,22H2,1-4H3. The Hall–Kier alpha value is -2.67. The maximum absolute atomic E-state index is 13.0. The Labute approximate surface area is 167 Å². The second kappa shape index (κ2) is 9.32. The molecule has 0 fully saturated rings. The van der Waals surface area contributed by atoms with Crippen LogP contribution in [0, 0.1) is 0 Å². The number of nitrogen functional groups attached to an aromatic ring is 1. The number of halogens is 1. The smallest absolute Gasteiger partial charge is 0.203 e. The number of allylic oxidation sites excluding steroid dienone is 1. The van der Waals surface area contributed by atoms with Gasteiger partial charge >= 0.3 is 0 Å². The van der Waals surface area contributed by atoms with Crippen molar-refractivity contribution in [3.63, 3.8) is 0 Å². The Morgan fingerprint density at radius 3 is 2.37 bits per heavy atom. The van der Waals surface area contributed by atoms with Gasteiger partial charge in [-0.2, -0.15) is 0 Å². The fraction of sp³-hybridized carbons (Fsp3) is 0.250. The Morgan fingerprint density at radius 1 is 1.07 bits per heavy atom. The summed E-state index contributed by atoms with van der Waals surface area (Å²) >= 11 is 3.35. The molecule has 7 heteroatoms. The number of ether oxygens (including phenoxy) is 4. The van der Waals surface area contributed by atoms with E-state index in [1.54, 1.807) is 30.3 Å². The van der Waals surface area contributed by atoms with E-state index in [2.05, 4.69) is 15.9 Å². The van der Waals surface area contributed by atoms with E-state index in [0.717, 1.165) is 5.56 Å². The number of anilines is 1. The molecule has 0 aliphatic rings. The van der Waals surface area contributed by atoms with Crippen molar-refractivity contribution in [3.8, 4) is 23.0 Å². The van der Waals surface area contributed by atoms with Gasteiger partial charge in [0.05, 0.1) is 43.7 Å². The number of carbonyl (C=O) groups excluding carboxylic acids is 1. The molecule has 0 unspecified atom stereocenters. The molecule has 6 nitrogen and oxygen atoms in total. The lowest BCUT2D eigenvalue weighted by Crippen LogP contribution is -2.05. The zero-order chi connectivity index (χ0) is 20.0. The van der Waals surface area contributed by atoms with Crippen molar-refractivity contribution in [3.05, 3.63) is 45.9 Å². The average molecular weight is 436 g/mol. The number of carbonyl (C=O) groups is 1. The summed E-state index contributed by atoms with van der Waals surface area (Å²) in [5.41, 5.74) is 7.55. The molecule has 0 spiro atoms. The van der Waals surface area contributed by atoms with E-state index in [1.807, 2.05) is 13.0 Å². The molecular formula is C20H22BrNO5. The van der Waals surface area contributed by atoms with E-state index in [0.29, 0.717) is 45.3 Å². The number of Topliss-reactive ketones (excluding diaryl/α,β-unsaturated/α-hetero) is 1.